The van der Waals surface area contributed by atoms with Crippen LogP contribution < -0.4 is 10.6 Å². The van der Waals surface area contributed by atoms with Crippen LogP contribution in [0.3, 0.4) is 0 Å². The highest BCUT2D eigenvalue weighted by molar-refractivity contribution is 5.63. The van der Waals surface area contributed by atoms with Crippen molar-refractivity contribution in [3.8, 4) is 0 Å². The fourth-order valence-corrected chi connectivity index (χ4v) is 2.47. The molecule has 0 bridgehead atoms. The topological polar surface area (TPSA) is 54.2 Å². The molecular formula is C13H16F3N5. The van der Waals surface area contributed by atoms with Crippen LogP contribution in [0.2, 0.25) is 0 Å². The number of hydrogen-bond donors (Lipinski definition) is 2. The molecule has 0 radical (unpaired) electrons. The lowest BCUT2D eigenvalue weighted by Gasteiger charge is -2.28. The molecule has 2 aromatic rings. The molecule has 0 aromatic carbocycles. The van der Waals surface area contributed by atoms with Gasteiger partial charge in [0.25, 0.3) is 0 Å². The summed E-state index contributed by atoms with van der Waals surface area (Å²) in [5, 5.41) is 6.52. The van der Waals surface area contributed by atoms with Crippen LogP contribution in [0.5, 0.6) is 0 Å². The molecule has 0 aliphatic carbocycles. The maximum Gasteiger partial charge on any atom is 0.434 e. The number of alkyl halides is 3. The predicted octanol–water partition coefficient (Wildman–Crippen LogP) is 2.30. The summed E-state index contributed by atoms with van der Waals surface area (Å²) >= 11 is 0. The number of fused-ring (bicyclic) bond motifs is 1. The van der Waals surface area contributed by atoms with Crippen LogP contribution in [0.1, 0.15) is 25.5 Å². The van der Waals surface area contributed by atoms with E-state index < -0.39 is 11.9 Å². The van der Waals surface area contributed by atoms with Crippen molar-refractivity contribution in [2.75, 3.05) is 11.9 Å². The Kier molecular flexibility index (Phi) is 3.48. The van der Waals surface area contributed by atoms with E-state index in [1.54, 1.807) is 0 Å². The molecule has 0 saturated carbocycles. The van der Waals surface area contributed by atoms with Gasteiger partial charge in [0.2, 0.25) is 0 Å². The number of nitrogens with zero attached hydrogens (tertiary/aromatic N) is 3. The minimum atomic E-state index is -4.45. The van der Waals surface area contributed by atoms with Gasteiger partial charge in [0.05, 0.1) is 0 Å². The molecule has 3 rings (SSSR count). The average Bonchev–Trinajstić information content (AvgIpc) is 2.86. The standard InChI is InChI=1S/C13H16F3N5/c1-8-2-3-9(6-18-8)19-11-12-20-10(13(14,15)16)7-21(12)5-4-17-11/h4-5,7-9,18H,2-3,6H2,1H3,(H,17,19)/t8-,9-/m1/s1. The number of anilines is 1. The number of halogens is 3. The van der Waals surface area contributed by atoms with Gasteiger partial charge in [-0.15, -0.1) is 0 Å². The molecule has 1 fully saturated rings. The molecule has 0 amide bonds. The van der Waals surface area contributed by atoms with E-state index in [-0.39, 0.29) is 11.7 Å². The van der Waals surface area contributed by atoms with E-state index >= 15 is 0 Å². The van der Waals surface area contributed by atoms with Crippen molar-refractivity contribution >= 4 is 11.5 Å². The quantitative estimate of drug-likeness (QED) is 0.893. The highest BCUT2D eigenvalue weighted by Gasteiger charge is 2.34. The minimum absolute atomic E-state index is 0.144. The second-order valence-electron chi connectivity index (χ2n) is 5.36. The second-order valence-corrected chi connectivity index (χ2v) is 5.36. The van der Waals surface area contributed by atoms with Crippen molar-refractivity contribution < 1.29 is 13.2 Å². The molecule has 5 nitrogen and oxygen atoms in total. The number of imidazole rings is 1. The Labute approximate surface area is 119 Å². The Balaban J connectivity index is 1.86. The highest BCUT2D eigenvalue weighted by atomic mass is 19.4. The maximum atomic E-state index is 12.7. The smallest absolute Gasteiger partial charge is 0.363 e. The summed E-state index contributed by atoms with van der Waals surface area (Å²) in [5.74, 6) is 0.384. The van der Waals surface area contributed by atoms with Gasteiger partial charge >= 0.3 is 6.18 Å². The lowest BCUT2D eigenvalue weighted by molar-refractivity contribution is -0.140. The highest BCUT2D eigenvalue weighted by Crippen LogP contribution is 2.29. The Morgan fingerprint density at radius 2 is 2.19 bits per heavy atom. The van der Waals surface area contributed by atoms with Gasteiger partial charge in [-0.25, -0.2) is 9.97 Å². The van der Waals surface area contributed by atoms with Gasteiger partial charge in [-0.2, -0.15) is 13.2 Å². The summed E-state index contributed by atoms with van der Waals surface area (Å²) < 4.78 is 39.5. The minimum Gasteiger partial charge on any atom is -0.363 e. The molecular weight excluding hydrogens is 283 g/mol. The normalized spacial score (nSPS) is 23.4. The van der Waals surface area contributed by atoms with E-state index in [1.807, 2.05) is 0 Å². The van der Waals surface area contributed by atoms with E-state index in [4.69, 9.17) is 0 Å². The molecule has 21 heavy (non-hydrogen) atoms. The van der Waals surface area contributed by atoms with Gasteiger partial charge in [-0.3, -0.25) is 0 Å². The van der Waals surface area contributed by atoms with Crippen molar-refractivity contribution in [1.82, 2.24) is 19.7 Å². The number of piperidine rings is 1. The molecule has 0 spiro atoms. The lowest BCUT2D eigenvalue weighted by atomic mass is 10.0. The summed E-state index contributed by atoms with van der Waals surface area (Å²) in [6.07, 6.45) is 1.42. The van der Waals surface area contributed by atoms with E-state index in [0.717, 1.165) is 25.6 Å². The summed E-state index contributed by atoms with van der Waals surface area (Å²) in [7, 11) is 0. The van der Waals surface area contributed by atoms with E-state index in [0.29, 0.717) is 11.9 Å². The van der Waals surface area contributed by atoms with Gasteiger partial charge < -0.3 is 15.0 Å². The molecule has 1 aliphatic heterocycles. The SMILES string of the molecule is C[C@@H]1CC[C@@H](Nc2nccn3cc(C(F)(F)F)nc23)CN1. The van der Waals surface area contributed by atoms with Crippen LogP contribution >= 0.6 is 0 Å². The molecule has 8 heteroatoms. The van der Waals surface area contributed by atoms with E-state index in [2.05, 4.69) is 27.5 Å². The Morgan fingerprint density at radius 1 is 1.38 bits per heavy atom. The predicted molar refractivity (Wildman–Crippen MR) is 72.1 cm³/mol. The van der Waals surface area contributed by atoms with E-state index in [9.17, 15) is 13.2 Å². The monoisotopic (exact) mass is 299 g/mol. The van der Waals surface area contributed by atoms with Crippen molar-refractivity contribution in [1.29, 1.82) is 0 Å². The van der Waals surface area contributed by atoms with Gasteiger partial charge in [-0.05, 0) is 19.8 Å². The van der Waals surface area contributed by atoms with E-state index in [1.165, 1.54) is 16.8 Å². The second kappa shape index (κ2) is 5.18. The molecule has 0 unspecified atom stereocenters. The Hall–Kier alpha value is -1.83. The van der Waals surface area contributed by atoms with Crippen molar-refractivity contribution in [3.63, 3.8) is 0 Å². The third kappa shape index (κ3) is 2.94. The van der Waals surface area contributed by atoms with Crippen molar-refractivity contribution in [2.24, 2.45) is 0 Å². The first-order chi connectivity index (χ1) is 9.93. The van der Waals surface area contributed by atoms with Crippen LogP contribution in [-0.4, -0.2) is 33.0 Å². The molecule has 1 aliphatic rings. The zero-order valence-electron chi connectivity index (χ0n) is 11.5. The first-order valence-corrected chi connectivity index (χ1v) is 6.84. The molecule has 3 heterocycles. The first-order valence-electron chi connectivity index (χ1n) is 6.84. The summed E-state index contributed by atoms with van der Waals surface area (Å²) in [6, 6.07) is 0.612. The van der Waals surface area contributed by atoms with Gasteiger partial charge in [0, 0.05) is 37.2 Å². The molecule has 2 atom stereocenters. The third-order valence-electron chi connectivity index (χ3n) is 3.67. The molecule has 2 N–H and O–H groups in total. The van der Waals surface area contributed by atoms with Crippen LogP contribution in [0.15, 0.2) is 18.6 Å². The Morgan fingerprint density at radius 3 is 2.86 bits per heavy atom. The molecule has 2 aromatic heterocycles. The first kappa shape index (κ1) is 14.1. The molecule has 1 saturated heterocycles. The number of hydrogen-bond acceptors (Lipinski definition) is 4. The van der Waals surface area contributed by atoms with Crippen molar-refractivity contribution in [2.45, 2.75) is 38.0 Å². The fourth-order valence-electron chi connectivity index (χ4n) is 2.47. The largest absolute Gasteiger partial charge is 0.434 e. The van der Waals surface area contributed by atoms with Crippen LogP contribution in [0.4, 0.5) is 19.0 Å². The average molecular weight is 299 g/mol. The van der Waals surface area contributed by atoms with Crippen LogP contribution in [0.25, 0.3) is 5.65 Å². The Bertz CT molecular complexity index is 628. The number of rotatable bonds is 2. The molecule has 114 valence electrons. The zero-order chi connectivity index (χ0) is 15.0. The summed E-state index contributed by atoms with van der Waals surface area (Å²) in [4.78, 5) is 7.78. The van der Waals surface area contributed by atoms with Gasteiger partial charge in [0.15, 0.2) is 17.2 Å². The van der Waals surface area contributed by atoms with Gasteiger partial charge in [0.1, 0.15) is 0 Å². The zero-order valence-corrected chi connectivity index (χ0v) is 11.5. The summed E-state index contributed by atoms with van der Waals surface area (Å²) in [6.45, 7) is 2.87. The van der Waals surface area contributed by atoms with Crippen molar-refractivity contribution in [3.05, 3.63) is 24.3 Å². The number of nitrogens with one attached hydrogen (secondary N) is 2. The summed E-state index contributed by atoms with van der Waals surface area (Å²) in [5.41, 5.74) is -0.711. The van der Waals surface area contributed by atoms with Crippen LogP contribution in [-0.2, 0) is 6.18 Å². The maximum absolute atomic E-state index is 12.7. The van der Waals surface area contributed by atoms with Gasteiger partial charge in [-0.1, -0.05) is 0 Å². The third-order valence-corrected chi connectivity index (χ3v) is 3.67. The lowest BCUT2D eigenvalue weighted by Crippen LogP contribution is -2.43. The number of aromatic nitrogens is 3. The van der Waals surface area contributed by atoms with Crippen LogP contribution in [0, 0.1) is 0 Å². The fraction of sp³-hybridized carbons (Fsp3) is 0.538.